The van der Waals surface area contributed by atoms with E-state index < -0.39 is 27.4 Å². The van der Waals surface area contributed by atoms with Crippen LogP contribution in [-0.4, -0.2) is 32.9 Å². The highest BCUT2D eigenvalue weighted by Crippen LogP contribution is 2.49. The monoisotopic (exact) mass is 391 g/mol. The minimum Gasteiger partial charge on any atom is -0.502 e. The van der Waals surface area contributed by atoms with Crippen LogP contribution < -0.4 is 14.2 Å². The molecule has 0 aliphatic carbocycles. The topological polar surface area (TPSA) is 118 Å². The van der Waals surface area contributed by atoms with Crippen molar-refractivity contribution in [1.29, 1.82) is 0 Å². The van der Waals surface area contributed by atoms with Gasteiger partial charge < -0.3 is 24.1 Å². The lowest BCUT2D eigenvalue weighted by molar-refractivity contribution is 0.355. The second-order valence-corrected chi connectivity index (χ2v) is 7.10. The van der Waals surface area contributed by atoms with Gasteiger partial charge >= 0.3 is 0 Å². The maximum absolute atomic E-state index is 12.4. The Hall–Kier alpha value is -3.33. The quantitative estimate of drug-likeness (QED) is 0.590. The Morgan fingerprint density at radius 2 is 1.63 bits per heavy atom. The van der Waals surface area contributed by atoms with E-state index in [-0.39, 0.29) is 22.0 Å². The molecule has 27 heavy (non-hydrogen) atoms. The van der Waals surface area contributed by atoms with E-state index in [1.807, 2.05) is 0 Å². The number of furan rings is 1. The summed E-state index contributed by atoms with van der Waals surface area (Å²) in [6.45, 7) is 0. The SMILES string of the molecule is COc1cccc(-c2oc(NS(=O)(=O)c3ccccc3)c(O)c2O)c1OC. The van der Waals surface area contributed by atoms with Crippen molar-refractivity contribution >= 4 is 15.9 Å². The molecule has 142 valence electrons. The second kappa shape index (κ2) is 7.12. The van der Waals surface area contributed by atoms with Gasteiger partial charge in [-0.25, -0.2) is 13.1 Å². The van der Waals surface area contributed by atoms with Gasteiger partial charge in [0.05, 0.1) is 24.7 Å². The lowest BCUT2D eigenvalue weighted by Crippen LogP contribution is -2.12. The number of para-hydroxylation sites is 1. The predicted molar refractivity (Wildman–Crippen MR) is 97.8 cm³/mol. The van der Waals surface area contributed by atoms with E-state index in [0.717, 1.165) is 0 Å². The van der Waals surface area contributed by atoms with Crippen LogP contribution in [0.3, 0.4) is 0 Å². The van der Waals surface area contributed by atoms with Crippen LogP contribution in [0.5, 0.6) is 23.0 Å². The van der Waals surface area contributed by atoms with Crippen LogP contribution in [0.1, 0.15) is 0 Å². The van der Waals surface area contributed by atoms with Crippen LogP contribution in [0.15, 0.2) is 57.8 Å². The highest BCUT2D eigenvalue weighted by molar-refractivity contribution is 7.92. The lowest BCUT2D eigenvalue weighted by Gasteiger charge is -2.11. The van der Waals surface area contributed by atoms with E-state index >= 15 is 0 Å². The third-order valence-electron chi connectivity index (χ3n) is 3.79. The van der Waals surface area contributed by atoms with Crippen molar-refractivity contribution in [3.05, 3.63) is 48.5 Å². The normalized spacial score (nSPS) is 11.2. The fourth-order valence-corrected chi connectivity index (χ4v) is 3.53. The molecule has 0 saturated carbocycles. The summed E-state index contributed by atoms with van der Waals surface area (Å²) in [4.78, 5) is -0.0270. The zero-order chi connectivity index (χ0) is 19.6. The van der Waals surface area contributed by atoms with Crippen molar-refractivity contribution in [1.82, 2.24) is 0 Å². The Balaban J connectivity index is 2.06. The van der Waals surface area contributed by atoms with Crippen molar-refractivity contribution in [3.63, 3.8) is 0 Å². The van der Waals surface area contributed by atoms with Gasteiger partial charge in [0.1, 0.15) is 0 Å². The molecule has 3 N–H and O–H groups in total. The fraction of sp³-hybridized carbons (Fsp3) is 0.111. The van der Waals surface area contributed by atoms with Gasteiger partial charge in [0.2, 0.25) is 11.5 Å². The molecule has 0 aliphatic heterocycles. The molecule has 3 aromatic rings. The average molecular weight is 391 g/mol. The number of benzene rings is 2. The lowest BCUT2D eigenvalue weighted by atomic mass is 10.1. The number of nitrogens with one attached hydrogen (secondary N) is 1. The molecular formula is C18H17NO7S. The largest absolute Gasteiger partial charge is 0.502 e. The first-order chi connectivity index (χ1) is 12.9. The standard InChI is InChI=1S/C18H17NO7S/c1-24-13-10-6-9-12(16(13)25-2)17-14(20)15(21)18(26-17)19-27(22,23)11-7-4-3-5-8-11/h3-10,19-21H,1-2H3. The zero-order valence-corrected chi connectivity index (χ0v) is 15.3. The molecular weight excluding hydrogens is 374 g/mol. The third kappa shape index (κ3) is 3.36. The molecule has 0 aliphatic rings. The van der Waals surface area contributed by atoms with Crippen molar-refractivity contribution in [2.45, 2.75) is 4.90 Å². The van der Waals surface area contributed by atoms with Gasteiger partial charge in [0, 0.05) is 0 Å². The van der Waals surface area contributed by atoms with Crippen LogP contribution in [0, 0.1) is 0 Å². The number of methoxy groups -OCH3 is 2. The fourth-order valence-electron chi connectivity index (χ4n) is 2.51. The number of ether oxygens (including phenoxy) is 2. The maximum atomic E-state index is 12.4. The number of aromatic hydroxyl groups is 2. The highest BCUT2D eigenvalue weighted by atomic mass is 32.2. The van der Waals surface area contributed by atoms with E-state index in [4.69, 9.17) is 13.9 Å². The Bertz CT molecular complexity index is 1060. The molecule has 2 aromatic carbocycles. The smallest absolute Gasteiger partial charge is 0.264 e. The van der Waals surface area contributed by atoms with Crippen molar-refractivity contribution in [2.75, 3.05) is 18.9 Å². The zero-order valence-electron chi connectivity index (χ0n) is 14.5. The summed E-state index contributed by atoms with van der Waals surface area (Å²) in [5.41, 5.74) is 0.273. The molecule has 1 aromatic heterocycles. The Kier molecular flexibility index (Phi) is 4.87. The van der Waals surface area contributed by atoms with Gasteiger partial charge in [-0.3, -0.25) is 0 Å². The van der Waals surface area contributed by atoms with Gasteiger partial charge in [-0.15, -0.1) is 0 Å². The maximum Gasteiger partial charge on any atom is 0.264 e. The van der Waals surface area contributed by atoms with Gasteiger partial charge in [0.25, 0.3) is 15.9 Å². The molecule has 0 atom stereocenters. The number of sulfonamides is 1. The summed E-state index contributed by atoms with van der Waals surface area (Å²) >= 11 is 0. The molecule has 0 amide bonds. The predicted octanol–water partition coefficient (Wildman–Crippen LogP) is 3.18. The number of hydrogen-bond acceptors (Lipinski definition) is 7. The molecule has 0 radical (unpaired) electrons. The van der Waals surface area contributed by atoms with Crippen molar-refractivity contribution < 1.29 is 32.5 Å². The third-order valence-corrected chi connectivity index (χ3v) is 5.13. The van der Waals surface area contributed by atoms with E-state index in [1.54, 1.807) is 36.4 Å². The number of rotatable bonds is 6. The van der Waals surface area contributed by atoms with Gasteiger partial charge in [-0.1, -0.05) is 24.3 Å². The van der Waals surface area contributed by atoms with E-state index in [2.05, 4.69) is 4.72 Å². The van der Waals surface area contributed by atoms with Gasteiger partial charge in [0.15, 0.2) is 17.3 Å². The second-order valence-electron chi connectivity index (χ2n) is 5.42. The van der Waals surface area contributed by atoms with Crippen molar-refractivity contribution in [3.8, 4) is 34.3 Å². The molecule has 8 nitrogen and oxygen atoms in total. The summed E-state index contributed by atoms with van der Waals surface area (Å²) in [5.74, 6) is -1.44. The molecule has 0 spiro atoms. The van der Waals surface area contributed by atoms with Crippen LogP contribution in [-0.2, 0) is 10.0 Å². The molecule has 1 heterocycles. The molecule has 0 fully saturated rings. The molecule has 9 heteroatoms. The summed E-state index contributed by atoms with van der Waals surface area (Å²) in [7, 11) is -1.17. The minimum atomic E-state index is -4.02. The van der Waals surface area contributed by atoms with E-state index in [1.165, 1.54) is 26.4 Å². The van der Waals surface area contributed by atoms with Crippen LogP contribution >= 0.6 is 0 Å². The minimum absolute atomic E-state index is 0.0270. The van der Waals surface area contributed by atoms with Crippen LogP contribution in [0.25, 0.3) is 11.3 Å². The average Bonchev–Trinajstić information content (AvgIpc) is 2.95. The van der Waals surface area contributed by atoms with Crippen LogP contribution in [0.2, 0.25) is 0 Å². The first kappa shape index (κ1) is 18.5. The molecule has 0 unspecified atom stereocenters. The molecule has 3 rings (SSSR count). The highest BCUT2D eigenvalue weighted by Gasteiger charge is 2.27. The number of hydrogen-bond donors (Lipinski definition) is 3. The summed E-state index contributed by atoms with van der Waals surface area (Å²) < 4.78 is 42.9. The Labute approximate surface area is 155 Å². The van der Waals surface area contributed by atoms with E-state index in [9.17, 15) is 18.6 Å². The Morgan fingerprint density at radius 1 is 0.926 bits per heavy atom. The Morgan fingerprint density at radius 3 is 2.26 bits per heavy atom. The first-order valence-corrected chi connectivity index (χ1v) is 9.21. The van der Waals surface area contributed by atoms with Gasteiger partial charge in [-0.2, -0.15) is 0 Å². The van der Waals surface area contributed by atoms with Crippen LogP contribution in [0.4, 0.5) is 5.88 Å². The van der Waals surface area contributed by atoms with E-state index in [0.29, 0.717) is 5.75 Å². The van der Waals surface area contributed by atoms with Crippen molar-refractivity contribution in [2.24, 2.45) is 0 Å². The number of anilines is 1. The summed E-state index contributed by atoms with van der Waals surface area (Å²) in [6.07, 6.45) is 0. The molecule has 0 saturated heterocycles. The molecule has 0 bridgehead atoms. The summed E-state index contributed by atoms with van der Waals surface area (Å²) in [5, 5.41) is 20.4. The first-order valence-electron chi connectivity index (χ1n) is 7.73. The van der Waals surface area contributed by atoms with Gasteiger partial charge in [-0.05, 0) is 24.3 Å². The summed E-state index contributed by atoms with van der Waals surface area (Å²) in [6, 6.07) is 12.4.